The zero-order valence-electron chi connectivity index (χ0n) is 13.9. The fourth-order valence-corrected chi connectivity index (χ4v) is 6.58. The van der Waals surface area contributed by atoms with Gasteiger partial charge < -0.3 is 5.32 Å². The van der Waals surface area contributed by atoms with Crippen molar-refractivity contribution in [1.29, 1.82) is 0 Å². The monoisotopic (exact) mass is 381 g/mol. The first-order chi connectivity index (χ1) is 11.9. The van der Waals surface area contributed by atoms with Crippen LogP contribution in [-0.2, 0) is 14.6 Å². The van der Waals surface area contributed by atoms with Crippen molar-refractivity contribution >= 4 is 33.3 Å². The van der Waals surface area contributed by atoms with Gasteiger partial charge in [-0.2, -0.15) is 10.2 Å². The second kappa shape index (κ2) is 5.87. The number of thioether (sulfide) groups is 1. The largest absolute Gasteiger partial charge is 0.310 e. The zero-order chi connectivity index (χ0) is 17.8. The molecule has 1 saturated heterocycles. The lowest BCUT2D eigenvalue weighted by Gasteiger charge is -2.16. The van der Waals surface area contributed by atoms with Crippen LogP contribution in [0.2, 0.25) is 0 Å². The summed E-state index contributed by atoms with van der Waals surface area (Å²) in [6, 6.07) is -0.114. The van der Waals surface area contributed by atoms with Gasteiger partial charge in [0.1, 0.15) is 5.82 Å². The number of anilines is 1. The number of amides is 1. The van der Waals surface area contributed by atoms with E-state index in [1.807, 2.05) is 18.5 Å². The van der Waals surface area contributed by atoms with Crippen molar-refractivity contribution in [2.75, 3.05) is 22.6 Å². The molecule has 2 N–H and O–H groups in total. The number of hydrogen-bond donors (Lipinski definition) is 2. The first-order valence-corrected chi connectivity index (χ1v) is 10.9. The number of hydrogen-bond acceptors (Lipinski definition) is 6. The number of carbonyl (C=O) groups is 1. The molecule has 0 spiro atoms. The van der Waals surface area contributed by atoms with Gasteiger partial charge in [-0.25, -0.2) is 8.42 Å². The Morgan fingerprint density at radius 1 is 1.36 bits per heavy atom. The van der Waals surface area contributed by atoms with Crippen molar-refractivity contribution in [3.05, 3.63) is 28.7 Å². The van der Waals surface area contributed by atoms with Crippen LogP contribution in [0.4, 0.5) is 5.82 Å². The first-order valence-electron chi connectivity index (χ1n) is 8.06. The van der Waals surface area contributed by atoms with Crippen molar-refractivity contribution < 1.29 is 13.2 Å². The third kappa shape index (κ3) is 2.86. The lowest BCUT2D eigenvalue weighted by Crippen LogP contribution is -2.14. The number of sulfone groups is 1. The molecule has 8 nitrogen and oxygen atoms in total. The minimum absolute atomic E-state index is 0.0671. The third-order valence-electron chi connectivity index (χ3n) is 4.79. The molecule has 2 aliphatic rings. The lowest BCUT2D eigenvalue weighted by atomic mass is 10.0. The van der Waals surface area contributed by atoms with Crippen molar-refractivity contribution in [3.8, 4) is 0 Å². The Morgan fingerprint density at radius 2 is 2.16 bits per heavy atom. The normalized spacial score (nSPS) is 25.4. The Balaban J connectivity index is 1.76. The third-order valence-corrected chi connectivity index (χ3v) is 7.80. The van der Waals surface area contributed by atoms with Gasteiger partial charge in [0.2, 0.25) is 5.91 Å². The van der Waals surface area contributed by atoms with E-state index >= 15 is 0 Å². The van der Waals surface area contributed by atoms with E-state index < -0.39 is 9.84 Å². The van der Waals surface area contributed by atoms with E-state index in [1.165, 1.54) is 11.8 Å². The molecule has 0 aromatic carbocycles. The molecule has 1 amide bonds. The van der Waals surface area contributed by atoms with E-state index in [2.05, 4.69) is 20.6 Å². The molecule has 10 heteroatoms. The summed E-state index contributed by atoms with van der Waals surface area (Å²) in [6.07, 6.45) is 2.33. The molecule has 25 heavy (non-hydrogen) atoms. The van der Waals surface area contributed by atoms with Crippen LogP contribution >= 0.6 is 11.8 Å². The van der Waals surface area contributed by atoms with Crippen molar-refractivity contribution in [3.63, 3.8) is 0 Å². The van der Waals surface area contributed by atoms with E-state index in [1.54, 1.807) is 6.20 Å². The zero-order valence-corrected chi connectivity index (χ0v) is 15.6. The standard InChI is InChI=1S/C15H19N5O3S2/c1-8-13(9(2)20(19-8)10-3-4-25(22,23)7-10)14-11-5-16-18-15(11)17-12(21)6-24-14/h5,10,14H,3-4,6-7H2,1-2H3,(H2,16,17,18,21). The van der Waals surface area contributed by atoms with Crippen molar-refractivity contribution in [2.24, 2.45) is 0 Å². The molecule has 134 valence electrons. The Morgan fingerprint density at radius 3 is 2.88 bits per heavy atom. The number of nitrogens with one attached hydrogen (secondary N) is 2. The van der Waals surface area contributed by atoms with Crippen LogP contribution in [0.5, 0.6) is 0 Å². The molecule has 2 atom stereocenters. The number of fused-ring (bicyclic) bond motifs is 1. The molecule has 0 saturated carbocycles. The fraction of sp³-hybridized carbons (Fsp3) is 0.533. The quantitative estimate of drug-likeness (QED) is 0.813. The minimum atomic E-state index is -2.98. The summed E-state index contributed by atoms with van der Waals surface area (Å²) < 4.78 is 25.5. The van der Waals surface area contributed by atoms with Crippen LogP contribution in [0.1, 0.15) is 40.2 Å². The highest BCUT2D eigenvalue weighted by Crippen LogP contribution is 2.43. The van der Waals surface area contributed by atoms with E-state index in [-0.39, 0.29) is 28.7 Å². The highest BCUT2D eigenvalue weighted by Gasteiger charge is 2.34. The van der Waals surface area contributed by atoms with Crippen LogP contribution < -0.4 is 5.32 Å². The lowest BCUT2D eigenvalue weighted by molar-refractivity contribution is -0.113. The number of aryl methyl sites for hydroxylation is 1. The van der Waals surface area contributed by atoms with Gasteiger partial charge >= 0.3 is 0 Å². The van der Waals surface area contributed by atoms with E-state index in [4.69, 9.17) is 0 Å². The molecule has 1 fully saturated rings. The molecule has 2 aromatic heterocycles. The molecule has 2 aliphatic heterocycles. The number of aromatic nitrogens is 4. The van der Waals surface area contributed by atoms with Gasteiger partial charge in [-0.3, -0.25) is 14.6 Å². The number of nitrogens with zero attached hydrogens (tertiary/aromatic N) is 3. The number of rotatable bonds is 2. The molecule has 0 aliphatic carbocycles. The Bertz CT molecular complexity index is 947. The van der Waals surface area contributed by atoms with E-state index in [0.717, 1.165) is 22.5 Å². The summed E-state index contributed by atoms with van der Waals surface area (Å²) in [5.74, 6) is 1.25. The highest BCUT2D eigenvalue weighted by molar-refractivity contribution is 8.00. The van der Waals surface area contributed by atoms with Crippen LogP contribution in [0.3, 0.4) is 0 Å². The fourth-order valence-electron chi connectivity index (χ4n) is 3.64. The number of aromatic amines is 1. The average molecular weight is 381 g/mol. The topological polar surface area (TPSA) is 110 Å². The molecule has 0 radical (unpaired) electrons. The van der Waals surface area contributed by atoms with Crippen LogP contribution in [0.15, 0.2) is 6.20 Å². The van der Waals surface area contributed by atoms with Crippen LogP contribution in [-0.4, -0.2) is 51.6 Å². The summed E-state index contributed by atoms with van der Waals surface area (Å²) >= 11 is 1.53. The first kappa shape index (κ1) is 16.6. The maximum Gasteiger partial charge on any atom is 0.235 e. The van der Waals surface area contributed by atoms with Gasteiger partial charge in [-0.05, 0) is 20.3 Å². The van der Waals surface area contributed by atoms with E-state index in [9.17, 15) is 13.2 Å². The second-order valence-electron chi connectivity index (χ2n) is 6.53. The summed E-state index contributed by atoms with van der Waals surface area (Å²) in [5, 5.41) is 14.3. The molecule has 0 bridgehead atoms. The molecule has 4 rings (SSSR count). The molecular weight excluding hydrogens is 362 g/mol. The number of carbonyl (C=O) groups excluding carboxylic acids is 1. The summed E-state index contributed by atoms with van der Waals surface area (Å²) in [5.41, 5.74) is 3.77. The Kier molecular flexibility index (Phi) is 3.91. The van der Waals surface area contributed by atoms with Gasteiger partial charge in [-0.1, -0.05) is 0 Å². The Hall–Kier alpha value is -1.81. The SMILES string of the molecule is Cc1nn(C2CCS(=O)(=O)C2)c(C)c1C1SCC(=O)Nc2[nH]ncc21. The van der Waals surface area contributed by atoms with Gasteiger partial charge in [0.05, 0.1) is 40.4 Å². The number of H-pyrrole nitrogens is 1. The summed E-state index contributed by atoms with van der Waals surface area (Å²) in [4.78, 5) is 11.9. The second-order valence-corrected chi connectivity index (χ2v) is 9.85. The van der Waals surface area contributed by atoms with Crippen molar-refractivity contribution in [1.82, 2.24) is 20.0 Å². The average Bonchev–Trinajstić information content (AvgIpc) is 3.18. The molecule has 2 aromatic rings. The molecular formula is C15H19N5O3S2. The molecule has 2 unspecified atom stereocenters. The van der Waals surface area contributed by atoms with Gasteiger partial charge in [0.15, 0.2) is 9.84 Å². The van der Waals surface area contributed by atoms with Crippen LogP contribution in [0, 0.1) is 13.8 Å². The van der Waals surface area contributed by atoms with Crippen LogP contribution in [0.25, 0.3) is 0 Å². The summed E-state index contributed by atoms with van der Waals surface area (Å²) in [6.45, 7) is 3.91. The maximum atomic E-state index is 11.9. The predicted octanol–water partition coefficient (Wildman–Crippen LogP) is 1.36. The van der Waals surface area contributed by atoms with E-state index in [0.29, 0.717) is 18.0 Å². The Labute approximate surface area is 149 Å². The van der Waals surface area contributed by atoms with Gasteiger partial charge in [0.25, 0.3) is 0 Å². The van der Waals surface area contributed by atoms with Crippen molar-refractivity contribution in [2.45, 2.75) is 31.6 Å². The van der Waals surface area contributed by atoms with Gasteiger partial charge in [-0.15, -0.1) is 11.8 Å². The predicted molar refractivity (Wildman–Crippen MR) is 95.5 cm³/mol. The maximum absolute atomic E-state index is 11.9. The summed E-state index contributed by atoms with van der Waals surface area (Å²) in [7, 11) is -2.98. The molecule has 4 heterocycles. The smallest absolute Gasteiger partial charge is 0.235 e. The highest BCUT2D eigenvalue weighted by atomic mass is 32.2. The minimum Gasteiger partial charge on any atom is -0.310 e. The van der Waals surface area contributed by atoms with Gasteiger partial charge in [0, 0.05) is 16.8 Å².